The van der Waals surface area contributed by atoms with Gasteiger partial charge < -0.3 is 5.73 Å². The summed E-state index contributed by atoms with van der Waals surface area (Å²) in [6.07, 6.45) is 0. The zero-order valence-corrected chi connectivity index (χ0v) is 6.61. The molecule has 1 rings (SSSR count). The predicted molar refractivity (Wildman–Crippen MR) is 44.4 cm³/mol. The number of nitrogens with two attached hydrogens (primary N) is 1. The predicted octanol–water partition coefficient (Wildman–Crippen LogP) is 0.529. The number of rotatable bonds is 1. The van der Waals surface area contributed by atoms with Crippen molar-refractivity contribution in [1.29, 1.82) is 10.5 Å². The molecule has 0 fully saturated rings. The van der Waals surface area contributed by atoms with E-state index in [0.29, 0.717) is 0 Å². The van der Waals surface area contributed by atoms with Crippen LogP contribution in [0.3, 0.4) is 0 Å². The first-order valence-electron chi connectivity index (χ1n) is 3.43. The second kappa shape index (κ2) is 3.38. The van der Waals surface area contributed by atoms with E-state index >= 15 is 0 Å². The minimum atomic E-state index is -0.700. The molecule has 2 N–H and O–H groups in total. The number of carbonyl (C=O) groups excluding carboxylic acids is 1. The molecule has 0 radical (unpaired) electrons. The van der Waals surface area contributed by atoms with Crippen molar-refractivity contribution >= 4 is 5.91 Å². The minimum Gasteiger partial charge on any atom is -0.366 e. The molecule has 1 aromatic rings. The quantitative estimate of drug-likeness (QED) is 0.668. The van der Waals surface area contributed by atoms with E-state index in [0.717, 1.165) is 0 Å². The first kappa shape index (κ1) is 8.76. The summed E-state index contributed by atoms with van der Waals surface area (Å²) in [5, 5.41) is 17.3. The summed E-state index contributed by atoms with van der Waals surface area (Å²) in [7, 11) is 0. The number of amides is 1. The lowest BCUT2D eigenvalue weighted by Crippen LogP contribution is -2.13. The lowest BCUT2D eigenvalue weighted by Gasteiger charge is -1.99. The van der Waals surface area contributed by atoms with Crippen LogP contribution in [0, 0.1) is 22.7 Å². The summed E-state index contributed by atoms with van der Waals surface area (Å²) in [4.78, 5) is 10.8. The fourth-order valence-electron chi connectivity index (χ4n) is 0.971. The first-order valence-corrected chi connectivity index (χ1v) is 3.43. The topological polar surface area (TPSA) is 90.7 Å². The highest BCUT2D eigenvalue weighted by Crippen LogP contribution is 2.11. The van der Waals surface area contributed by atoms with Crippen molar-refractivity contribution in [2.75, 3.05) is 0 Å². The second-order valence-electron chi connectivity index (χ2n) is 2.32. The van der Waals surface area contributed by atoms with Crippen LogP contribution in [-0.4, -0.2) is 5.91 Å². The highest BCUT2D eigenvalue weighted by atomic mass is 16.1. The number of benzene rings is 1. The summed E-state index contributed by atoms with van der Waals surface area (Å²) in [6.45, 7) is 0. The van der Waals surface area contributed by atoms with Crippen LogP contribution in [0.5, 0.6) is 0 Å². The van der Waals surface area contributed by atoms with E-state index in [9.17, 15) is 4.79 Å². The molecule has 0 unspecified atom stereocenters. The summed E-state index contributed by atoms with van der Waals surface area (Å²) in [5.74, 6) is -0.700. The van der Waals surface area contributed by atoms with Gasteiger partial charge in [0.15, 0.2) is 0 Å². The van der Waals surface area contributed by atoms with Crippen LogP contribution in [0.25, 0.3) is 0 Å². The maximum Gasteiger partial charge on any atom is 0.250 e. The normalized spacial score (nSPS) is 8.46. The molecule has 4 nitrogen and oxygen atoms in total. The van der Waals surface area contributed by atoms with Crippen LogP contribution in [0.1, 0.15) is 21.5 Å². The molecule has 0 aliphatic heterocycles. The Bertz CT molecular complexity index is 437. The lowest BCUT2D eigenvalue weighted by molar-refractivity contribution is 0.1000. The zero-order valence-electron chi connectivity index (χ0n) is 6.61. The van der Waals surface area contributed by atoms with Gasteiger partial charge in [0, 0.05) is 0 Å². The van der Waals surface area contributed by atoms with E-state index in [1.165, 1.54) is 18.2 Å². The van der Waals surface area contributed by atoms with Gasteiger partial charge in [-0.05, 0) is 12.1 Å². The number of hydrogen-bond donors (Lipinski definition) is 1. The molecule has 0 spiro atoms. The molecule has 0 aliphatic carbocycles. The van der Waals surface area contributed by atoms with Gasteiger partial charge >= 0.3 is 0 Å². The smallest absolute Gasteiger partial charge is 0.250 e. The van der Waals surface area contributed by atoms with Gasteiger partial charge in [-0.2, -0.15) is 10.5 Å². The molecule has 0 aliphatic rings. The van der Waals surface area contributed by atoms with E-state index in [4.69, 9.17) is 16.3 Å². The van der Waals surface area contributed by atoms with Crippen molar-refractivity contribution in [3.05, 3.63) is 34.9 Å². The average Bonchev–Trinajstić information content (AvgIpc) is 2.16. The molecule has 1 amide bonds. The molecule has 4 heteroatoms. The van der Waals surface area contributed by atoms with Crippen LogP contribution in [0.2, 0.25) is 0 Å². The van der Waals surface area contributed by atoms with E-state index in [2.05, 4.69) is 0 Å². The highest BCUT2D eigenvalue weighted by Gasteiger charge is 2.10. The number of primary amides is 1. The van der Waals surface area contributed by atoms with E-state index in [1.54, 1.807) is 6.07 Å². The molecular weight excluding hydrogens is 166 g/mol. The maximum atomic E-state index is 10.8. The Morgan fingerprint density at radius 2 is 2.00 bits per heavy atom. The van der Waals surface area contributed by atoms with Crippen LogP contribution >= 0.6 is 0 Å². The third kappa shape index (κ3) is 1.47. The minimum absolute atomic E-state index is 0.0394. The van der Waals surface area contributed by atoms with Crippen molar-refractivity contribution in [1.82, 2.24) is 0 Å². The van der Waals surface area contributed by atoms with Crippen molar-refractivity contribution in [3.63, 3.8) is 0 Å². The monoisotopic (exact) mass is 171 g/mol. The van der Waals surface area contributed by atoms with Crippen molar-refractivity contribution in [3.8, 4) is 12.1 Å². The summed E-state index contributed by atoms with van der Waals surface area (Å²) in [5.41, 5.74) is 5.30. The maximum absolute atomic E-state index is 10.8. The lowest BCUT2D eigenvalue weighted by atomic mass is 10.0. The Kier molecular flexibility index (Phi) is 2.28. The first-order chi connectivity index (χ1) is 6.20. The fraction of sp³-hybridized carbons (Fsp3) is 0. The second-order valence-corrected chi connectivity index (χ2v) is 2.32. The fourth-order valence-corrected chi connectivity index (χ4v) is 0.971. The molecule has 0 heterocycles. The third-order valence-corrected chi connectivity index (χ3v) is 1.56. The van der Waals surface area contributed by atoms with E-state index in [1.807, 2.05) is 6.07 Å². The van der Waals surface area contributed by atoms with Gasteiger partial charge in [-0.3, -0.25) is 4.79 Å². The summed E-state index contributed by atoms with van der Waals surface area (Å²) >= 11 is 0. The molecule has 0 bridgehead atoms. The molecule has 0 saturated heterocycles. The van der Waals surface area contributed by atoms with Gasteiger partial charge in [-0.25, -0.2) is 0 Å². The van der Waals surface area contributed by atoms with Crippen molar-refractivity contribution in [2.24, 2.45) is 5.73 Å². The zero-order chi connectivity index (χ0) is 9.84. The standard InChI is InChI=1S/C9H5N3O/c10-4-6-2-1-3-7(9(12)13)8(6)5-11/h1-3H,(H2,12,13). The molecule has 0 atom stereocenters. The molecule has 62 valence electrons. The van der Waals surface area contributed by atoms with Crippen LogP contribution in [0.4, 0.5) is 0 Å². The van der Waals surface area contributed by atoms with Gasteiger partial charge in [0.25, 0.3) is 0 Å². The number of carbonyl (C=O) groups is 1. The molecule has 0 aromatic heterocycles. The largest absolute Gasteiger partial charge is 0.366 e. The number of hydrogen-bond acceptors (Lipinski definition) is 3. The summed E-state index contributed by atoms with van der Waals surface area (Å²) < 4.78 is 0. The summed E-state index contributed by atoms with van der Waals surface area (Å²) in [6, 6.07) is 7.98. The molecule has 13 heavy (non-hydrogen) atoms. The van der Waals surface area contributed by atoms with Crippen LogP contribution in [0.15, 0.2) is 18.2 Å². The Labute approximate surface area is 74.8 Å². The van der Waals surface area contributed by atoms with E-state index in [-0.39, 0.29) is 16.7 Å². The average molecular weight is 171 g/mol. The third-order valence-electron chi connectivity index (χ3n) is 1.56. The SMILES string of the molecule is N#Cc1cccc(C(N)=O)c1C#N. The Hall–Kier alpha value is -2.33. The highest BCUT2D eigenvalue weighted by molar-refractivity contribution is 5.96. The Morgan fingerprint density at radius 3 is 2.46 bits per heavy atom. The molecular formula is C9H5N3O. The van der Waals surface area contributed by atoms with Gasteiger partial charge in [-0.15, -0.1) is 0 Å². The van der Waals surface area contributed by atoms with Gasteiger partial charge in [0.05, 0.1) is 16.7 Å². The van der Waals surface area contributed by atoms with Gasteiger partial charge in [-0.1, -0.05) is 6.07 Å². The number of nitriles is 2. The van der Waals surface area contributed by atoms with Crippen LogP contribution in [-0.2, 0) is 0 Å². The Morgan fingerprint density at radius 1 is 1.31 bits per heavy atom. The van der Waals surface area contributed by atoms with Crippen LogP contribution < -0.4 is 5.73 Å². The van der Waals surface area contributed by atoms with Gasteiger partial charge in [0.1, 0.15) is 12.1 Å². The Balaban J connectivity index is 3.49. The van der Waals surface area contributed by atoms with Crippen molar-refractivity contribution in [2.45, 2.75) is 0 Å². The molecule has 0 saturated carbocycles. The van der Waals surface area contributed by atoms with Gasteiger partial charge in [0.2, 0.25) is 5.91 Å². The molecule has 1 aromatic carbocycles. The van der Waals surface area contributed by atoms with Crippen molar-refractivity contribution < 1.29 is 4.79 Å². The number of nitrogens with zero attached hydrogens (tertiary/aromatic N) is 2. The van der Waals surface area contributed by atoms with E-state index < -0.39 is 5.91 Å².